The van der Waals surface area contributed by atoms with E-state index in [1.807, 2.05) is 6.07 Å². The molecule has 2 aliphatic rings. The van der Waals surface area contributed by atoms with Crippen molar-refractivity contribution in [3.05, 3.63) is 386 Å². The number of furan rings is 2. The van der Waals surface area contributed by atoms with Gasteiger partial charge in [0, 0.05) is 121 Å². The number of H-pyrrole nitrogens is 2. The zero-order valence-corrected chi connectivity index (χ0v) is 62.0. The molecule has 0 amide bonds. The quantitative estimate of drug-likeness (QED) is 0.128. The van der Waals surface area contributed by atoms with Crippen LogP contribution in [-0.2, 0) is 17.3 Å². The van der Waals surface area contributed by atoms with Gasteiger partial charge in [-0.25, -0.2) is 0 Å². The monoisotopic (exact) mass is 1430 g/mol. The Kier molecular flexibility index (Phi) is 13.9. The van der Waals surface area contributed by atoms with Gasteiger partial charge in [0.2, 0.25) is 0 Å². The molecule has 2 aliphatic carbocycles. The lowest BCUT2D eigenvalue weighted by atomic mass is 9.75. The standard InChI is InChI=1S/C106H72N4O2/c1-105(2)92-35-11-6-21-78(92)80-55-53-71(61-94(80)105)109(68-47-41-65(42-48-68)73-27-16-30-86-82-23-8-13-37-96(82)107-101(73)86)69-49-45-67(46-50-69)75-29-18-34-90-91-60-64(40-59-100(91)112-103(75)90)63-106(3)93-36-12-7-22-79(93)81-56-54-72(62-95(81)106)110(70-51-43-66(44-52-70)74-28-17-31-87-83-24-9-14-38-97(83)108-102(74)87)98-58-57-77(76-20-4-5-25-84(76)98)88-32-19-33-89-85-26-10-15-39-99(85)111-104(88)89/h4-62,107-108H,63H2,1-3H3. The van der Waals surface area contributed by atoms with Gasteiger partial charge in [0.15, 0.2) is 0 Å². The number of aromatic nitrogens is 2. The van der Waals surface area contributed by atoms with Crippen molar-refractivity contribution in [3.8, 4) is 66.8 Å². The zero-order valence-electron chi connectivity index (χ0n) is 62.0. The molecule has 4 heterocycles. The van der Waals surface area contributed by atoms with Crippen molar-refractivity contribution in [1.29, 1.82) is 0 Å². The number of para-hydroxylation sites is 7. The van der Waals surface area contributed by atoms with E-state index in [9.17, 15) is 0 Å². The molecule has 112 heavy (non-hydrogen) atoms. The summed E-state index contributed by atoms with van der Waals surface area (Å²) >= 11 is 0. The van der Waals surface area contributed by atoms with E-state index >= 15 is 0 Å². The fourth-order valence-electron chi connectivity index (χ4n) is 19.5. The van der Waals surface area contributed by atoms with E-state index in [0.717, 1.165) is 151 Å². The van der Waals surface area contributed by atoms with Crippen LogP contribution in [0.5, 0.6) is 0 Å². The summed E-state index contributed by atoms with van der Waals surface area (Å²) in [4.78, 5) is 12.4. The van der Waals surface area contributed by atoms with Crippen molar-refractivity contribution in [3.63, 3.8) is 0 Å². The molecule has 0 fully saturated rings. The van der Waals surface area contributed by atoms with E-state index in [1.165, 1.54) is 82.7 Å². The predicted molar refractivity (Wildman–Crippen MR) is 468 cm³/mol. The van der Waals surface area contributed by atoms with Crippen LogP contribution in [0.15, 0.2) is 367 Å². The summed E-state index contributed by atoms with van der Waals surface area (Å²) < 4.78 is 13.8. The average molecular weight is 1430 g/mol. The molecule has 17 aromatic carbocycles. The number of aromatic amines is 2. The van der Waals surface area contributed by atoms with Crippen molar-refractivity contribution in [2.45, 2.75) is 38.0 Å². The Morgan fingerprint density at radius 2 is 0.679 bits per heavy atom. The lowest BCUT2D eigenvalue weighted by Gasteiger charge is -2.31. The third kappa shape index (κ3) is 9.64. The van der Waals surface area contributed by atoms with Gasteiger partial charge < -0.3 is 28.6 Å². The van der Waals surface area contributed by atoms with E-state index in [4.69, 9.17) is 8.83 Å². The van der Waals surface area contributed by atoms with E-state index < -0.39 is 5.41 Å². The van der Waals surface area contributed by atoms with Crippen LogP contribution in [0.3, 0.4) is 0 Å². The molecule has 6 nitrogen and oxygen atoms in total. The Morgan fingerprint density at radius 3 is 1.32 bits per heavy atom. The molecule has 0 saturated carbocycles. The predicted octanol–water partition coefficient (Wildman–Crippen LogP) is 29.4. The summed E-state index contributed by atoms with van der Waals surface area (Å²) in [6.45, 7) is 7.18. The van der Waals surface area contributed by atoms with Crippen LogP contribution in [0.25, 0.3) is 165 Å². The number of anilines is 6. The van der Waals surface area contributed by atoms with Crippen LogP contribution in [0.2, 0.25) is 0 Å². The second kappa shape index (κ2) is 24.4. The second-order valence-electron chi connectivity index (χ2n) is 31.4. The number of hydrogen-bond donors (Lipinski definition) is 2. The maximum absolute atomic E-state index is 7.06. The summed E-state index contributed by atoms with van der Waals surface area (Å²) in [5.74, 6) is 0. The summed E-state index contributed by atoms with van der Waals surface area (Å²) in [7, 11) is 0. The summed E-state index contributed by atoms with van der Waals surface area (Å²) in [5.41, 5.74) is 34.6. The smallest absolute Gasteiger partial charge is 0.143 e. The van der Waals surface area contributed by atoms with Crippen molar-refractivity contribution in [1.82, 2.24) is 9.97 Å². The van der Waals surface area contributed by atoms with Gasteiger partial charge in [0.1, 0.15) is 22.3 Å². The number of benzene rings is 17. The van der Waals surface area contributed by atoms with Crippen LogP contribution < -0.4 is 9.80 Å². The minimum absolute atomic E-state index is 0.169. The molecule has 6 heteroatoms. The van der Waals surface area contributed by atoms with Gasteiger partial charge in [-0.05, 0) is 181 Å². The number of hydrogen-bond acceptors (Lipinski definition) is 4. The van der Waals surface area contributed by atoms with Gasteiger partial charge in [-0.1, -0.05) is 282 Å². The summed E-state index contributed by atoms with van der Waals surface area (Å²) in [6, 6.07) is 132. The number of nitrogens with zero attached hydrogens (tertiary/aromatic N) is 2. The largest absolute Gasteiger partial charge is 0.455 e. The molecule has 2 N–H and O–H groups in total. The molecule has 0 spiro atoms. The van der Waals surface area contributed by atoms with Gasteiger partial charge in [0.05, 0.1) is 16.7 Å². The Labute approximate surface area is 647 Å². The van der Waals surface area contributed by atoms with E-state index in [-0.39, 0.29) is 5.41 Å². The minimum Gasteiger partial charge on any atom is -0.455 e. The van der Waals surface area contributed by atoms with Gasteiger partial charge in [-0.3, -0.25) is 0 Å². The Balaban J connectivity index is 0.610. The van der Waals surface area contributed by atoms with Crippen molar-refractivity contribution in [2.75, 3.05) is 9.80 Å². The molecule has 528 valence electrons. The maximum Gasteiger partial charge on any atom is 0.143 e. The molecule has 1 atom stereocenters. The minimum atomic E-state index is -0.420. The van der Waals surface area contributed by atoms with Crippen molar-refractivity contribution < 1.29 is 8.83 Å². The molecule has 0 radical (unpaired) electrons. The van der Waals surface area contributed by atoms with Crippen molar-refractivity contribution in [2.24, 2.45) is 0 Å². The maximum atomic E-state index is 7.06. The first kappa shape index (κ1) is 63.9. The Hall–Kier alpha value is -14.2. The molecule has 1 unspecified atom stereocenters. The third-order valence-corrected chi connectivity index (χ3v) is 24.8. The van der Waals surface area contributed by atoms with E-state index in [0.29, 0.717) is 0 Å². The highest BCUT2D eigenvalue weighted by Gasteiger charge is 2.41. The number of fused-ring (bicyclic) bond motifs is 19. The fourth-order valence-corrected chi connectivity index (χ4v) is 19.5. The first-order valence-electron chi connectivity index (χ1n) is 38.9. The molecule has 23 rings (SSSR count). The molecular formula is C106H72N4O2. The highest BCUT2D eigenvalue weighted by molar-refractivity contribution is 6.17. The normalized spacial score (nSPS) is 14.2. The van der Waals surface area contributed by atoms with Crippen molar-refractivity contribution >= 4 is 132 Å². The highest BCUT2D eigenvalue weighted by Crippen LogP contribution is 2.56. The molecule has 0 saturated heterocycles. The van der Waals surface area contributed by atoms with Gasteiger partial charge in [-0.15, -0.1) is 0 Å². The Bertz CT molecular complexity index is 7470. The van der Waals surface area contributed by atoms with Gasteiger partial charge in [0.25, 0.3) is 0 Å². The van der Waals surface area contributed by atoms with Crippen LogP contribution in [-0.4, -0.2) is 9.97 Å². The second-order valence-corrected chi connectivity index (χ2v) is 31.4. The molecular weight excluding hydrogens is 1360 g/mol. The Morgan fingerprint density at radius 1 is 0.259 bits per heavy atom. The molecule has 4 aromatic heterocycles. The average Bonchev–Trinajstić information content (AvgIpc) is 1.52. The van der Waals surface area contributed by atoms with Crippen LogP contribution >= 0.6 is 0 Å². The van der Waals surface area contributed by atoms with Gasteiger partial charge in [-0.2, -0.15) is 0 Å². The molecule has 0 bridgehead atoms. The first-order valence-corrected chi connectivity index (χ1v) is 38.9. The molecule has 0 aliphatic heterocycles. The van der Waals surface area contributed by atoms with Gasteiger partial charge >= 0.3 is 0 Å². The lowest BCUT2D eigenvalue weighted by molar-refractivity contribution is 0.583. The first-order chi connectivity index (χ1) is 55.1. The summed E-state index contributed by atoms with van der Waals surface area (Å²) in [6.07, 6.45) is 0.761. The van der Waals surface area contributed by atoms with E-state index in [2.05, 4.69) is 392 Å². The van der Waals surface area contributed by atoms with Crippen LogP contribution in [0.4, 0.5) is 34.1 Å². The summed E-state index contributed by atoms with van der Waals surface area (Å²) in [5, 5.41) is 11.6. The fraction of sp³-hybridized carbons (Fsp3) is 0.0566. The topological polar surface area (TPSA) is 64.3 Å². The van der Waals surface area contributed by atoms with E-state index in [1.54, 1.807) is 0 Å². The van der Waals surface area contributed by atoms with Crippen LogP contribution in [0, 0.1) is 0 Å². The number of nitrogens with one attached hydrogen (secondary N) is 2. The molecule has 21 aromatic rings. The van der Waals surface area contributed by atoms with Crippen LogP contribution in [0.1, 0.15) is 48.6 Å². The zero-order chi connectivity index (χ0) is 74.1. The highest BCUT2D eigenvalue weighted by atomic mass is 16.3. The third-order valence-electron chi connectivity index (χ3n) is 24.8. The number of rotatable bonds is 12. The SMILES string of the molecule is CC1(C)c2ccccc2-c2ccc(N(c3ccc(-c4cccc5c4[nH]c4ccccc45)cc3)c3ccc(-c4cccc5c4oc4ccc(CC6(C)c7ccccc7-c7ccc(N(c8ccc(-c9cccc%10c9[nH]c9ccccc9%10)cc8)c8ccc(-c9cccc%10c9oc9ccccc9%10)c9ccccc89)cc76)cc45)cc3)cc21. The lowest BCUT2D eigenvalue weighted by Crippen LogP contribution is -2.24.